The van der Waals surface area contributed by atoms with Crippen molar-refractivity contribution in [3.8, 4) is 0 Å². The van der Waals surface area contributed by atoms with Crippen LogP contribution in [0.1, 0.15) is 44.1 Å². The van der Waals surface area contributed by atoms with E-state index in [1.807, 2.05) is 24.3 Å². The molecule has 0 saturated heterocycles. The monoisotopic (exact) mass is 250 g/mol. The molecule has 1 aliphatic rings. The summed E-state index contributed by atoms with van der Waals surface area (Å²) >= 11 is 6.09. The van der Waals surface area contributed by atoms with Crippen molar-refractivity contribution in [1.82, 2.24) is 0 Å². The molecule has 1 saturated carbocycles. The first kappa shape index (κ1) is 12.6. The molecular weight excluding hydrogens is 232 g/mol. The van der Waals surface area contributed by atoms with Crippen LogP contribution in [0.5, 0.6) is 0 Å². The Balaban J connectivity index is 1.98. The van der Waals surface area contributed by atoms with Crippen molar-refractivity contribution in [3.05, 3.63) is 34.9 Å². The second-order valence-corrected chi connectivity index (χ2v) is 5.33. The van der Waals surface area contributed by atoms with Crippen molar-refractivity contribution >= 4 is 17.4 Å². The third kappa shape index (κ3) is 3.57. The van der Waals surface area contributed by atoms with Crippen molar-refractivity contribution in [2.24, 2.45) is 5.92 Å². The Morgan fingerprint density at radius 3 is 2.41 bits per heavy atom. The van der Waals surface area contributed by atoms with Crippen molar-refractivity contribution in [2.75, 3.05) is 0 Å². The maximum Gasteiger partial charge on any atom is 0.140 e. The van der Waals surface area contributed by atoms with Gasteiger partial charge in [0.25, 0.3) is 0 Å². The minimum Gasteiger partial charge on any atom is -0.299 e. The lowest BCUT2D eigenvalue weighted by Crippen LogP contribution is -2.16. The molecule has 0 atom stereocenters. The van der Waals surface area contributed by atoms with Gasteiger partial charge in [-0.15, -0.1) is 0 Å². The standard InChI is InChI=1S/C15H19ClO/c16-14-10-6-5-9-13(14)11-15(17)12-7-3-1-2-4-8-12/h5-6,9-10,12H,1-4,7-8,11H2. The Hall–Kier alpha value is -0.820. The molecule has 2 heteroatoms. The first-order valence-electron chi connectivity index (χ1n) is 6.53. The predicted molar refractivity (Wildman–Crippen MR) is 71.4 cm³/mol. The summed E-state index contributed by atoms with van der Waals surface area (Å²) in [5.41, 5.74) is 0.975. The van der Waals surface area contributed by atoms with Crippen LogP contribution < -0.4 is 0 Å². The Kier molecular flexibility index (Phi) is 4.61. The van der Waals surface area contributed by atoms with Gasteiger partial charge in [-0.3, -0.25) is 4.79 Å². The van der Waals surface area contributed by atoms with E-state index in [9.17, 15) is 4.79 Å². The zero-order valence-corrected chi connectivity index (χ0v) is 10.9. The smallest absolute Gasteiger partial charge is 0.140 e. The van der Waals surface area contributed by atoms with Crippen molar-refractivity contribution in [1.29, 1.82) is 0 Å². The summed E-state index contributed by atoms with van der Waals surface area (Å²) in [6.07, 6.45) is 7.64. The Morgan fingerprint density at radius 2 is 1.76 bits per heavy atom. The summed E-state index contributed by atoms with van der Waals surface area (Å²) in [5, 5.41) is 0.717. The molecule has 1 aromatic carbocycles. The number of benzene rings is 1. The Morgan fingerprint density at radius 1 is 1.12 bits per heavy atom. The average Bonchev–Trinajstić information content (AvgIpc) is 2.61. The highest BCUT2D eigenvalue weighted by Crippen LogP contribution is 2.26. The fourth-order valence-electron chi connectivity index (χ4n) is 2.58. The third-order valence-electron chi connectivity index (χ3n) is 3.63. The van der Waals surface area contributed by atoms with Crippen LogP contribution >= 0.6 is 11.6 Å². The minimum atomic E-state index is 0.272. The van der Waals surface area contributed by atoms with Gasteiger partial charge in [0.1, 0.15) is 5.78 Å². The lowest BCUT2D eigenvalue weighted by atomic mass is 9.91. The molecule has 2 rings (SSSR count). The van der Waals surface area contributed by atoms with Crippen molar-refractivity contribution in [3.63, 3.8) is 0 Å². The van der Waals surface area contributed by atoms with E-state index in [0.717, 1.165) is 23.4 Å². The minimum absolute atomic E-state index is 0.272. The van der Waals surface area contributed by atoms with Gasteiger partial charge < -0.3 is 0 Å². The van der Waals surface area contributed by atoms with Crippen LogP contribution in [-0.2, 0) is 11.2 Å². The number of Topliss-reactive ketones (excluding diaryl/α,β-unsaturated/α-hetero) is 1. The highest BCUT2D eigenvalue weighted by Gasteiger charge is 2.20. The van der Waals surface area contributed by atoms with E-state index in [1.54, 1.807) is 0 Å². The molecular formula is C15H19ClO. The normalized spacial score (nSPS) is 17.7. The molecule has 92 valence electrons. The molecule has 1 nitrogen and oxygen atoms in total. The molecule has 0 aromatic heterocycles. The molecule has 0 unspecified atom stereocenters. The van der Waals surface area contributed by atoms with E-state index in [0.29, 0.717) is 12.2 Å². The fourth-order valence-corrected chi connectivity index (χ4v) is 2.78. The second-order valence-electron chi connectivity index (χ2n) is 4.92. The van der Waals surface area contributed by atoms with Gasteiger partial charge in [0.05, 0.1) is 0 Å². The third-order valence-corrected chi connectivity index (χ3v) is 4.00. The number of halogens is 1. The molecule has 0 N–H and O–H groups in total. The molecule has 0 heterocycles. The summed E-state index contributed by atoms with van der Waals surface area (Å²) in [6.45, 7) is 0. The molecule has 0 spiro atoms. The molecule has 0 aliphatic heterocycles. The molecule has 0 bridgehead atoms. The number of hydrogen-bond acceptors (Lipinski definition) is 1. The number of ketones is 1. The lowest BCUT2D eigenvalue weighted by Gasteiger charge is -2.13. The quantitative estimate of drug-likeness (QED) is 0.726. The van der Waals surface area contributed by atoms with Crippen LogP contribution in [0.2, 0.25) is 5.02 Å². The molecule has 0 amide bonds. The van der Waals surface area contributed by atoms with Gasteiger partial charge in [-0.05, 0) is 24.5 Å². The molecule has 1 aromatic rings. The van der Waals surface area contributed by atoms with Gasteiger partial charge in [0.15, 0.2) is 0 Å². The van der Waals surface area contributed by atoms with E-state index in [1.165, 1.54) is 25.7 Å². The number of carbonyl (C=O) groups excluding carboxylic acids is 1. The van der Waals surface area contributed by atoms with Gasteiger partial charge >= 0.3 is 0 Å². The van der Waals surface area contributed by atoms with Gasteiger partial charge in [-0.25, -0.2) is 0 Å². The maximum absolute atomic E-state index is 12.2. The van der Waals surface area contributed by atoms with Gasteiger partial charge in [-0.2, -0.15) is 0 Å². The van der Waals surface area contributed by atoms with E-state index >= 15 is 0 Å². The highest BCUT2D eigenvalue weighted by atomic mass is 35.5. The summed E-state index contributed by atoms with van der Waals surface area (Å²) in [6, 6.07) is 7.66. The number of carbonyl (C=O) groups is 1. The summed E-state index contributed by atoms with van der Waals surface area (Å²) in [5.74, 6) is 0.647. The predicted octanol–water partition coefficient (Wildman–Crippen LogP) is 4.42. The average molecular weight is 251 g/mol. The topological polar surface area (TPSA) is 17.1 Å². The first-order chi connectivity index (χ1) is 8.27. The molecule has 1 fully saturated rings. The van der Waals surface area contributed by atoms with Crippen LogP contribution in [0, 0.1) is 5.92 Å². The zero-order valence-electron chi connectivity index (χ0n) is 10.1. The molecule has 17 heavy (non-hydrogen) atoms. The van der Waals surface area contributed by atoms with Crippen LogP contribution in [-0.4, -0.2) is 5.78 Å². The van der Waals surface area contributed by atoms with Crippen molar-refractivity contribution < 1.29 is 4.79 Å². The SMILES string of the molecule is O=C(Cc1ccccc1Cl)C1CCCCCC1. The van der Waals surface area contributed by atoms with E-state index in [-0.39, 0.29) is 5.92 Å². The summed E-state index contributed by atoms with van der Waals surface area (Å²) < 4.78 is 0. The van der Waals surface area contributed by atoms with Gasteiger partial charge in [0, 0.05) is 17.4 Å². The van der Waals surface area contributed by atoms with E-state index in [4.69, 9.17) is 11.6 Å². The van der Waals surface area contributed by atoms with Gasteiger partial charge in [0.2, 0.25) is 0 Å². The molecule has 0 radical (unpaired) electrons. The van der Waals surface area contributed by atoms with Crippen LogP contribution in [0.15, 0.2) is 24.3 Å². The first-order valence-corrected chi connectivity index (χ1v) is 6.91. The van der Waals surface area contributed by atoms with Crippen LogP contribution in [0.25, 0.3) is 0 Å². The largest absolute Gasteiger partial charge is 0.299 e. The fraction of sp³-hybridized carbons (Fsp3) is 0.533. The summed E-state index contributed by atoms with van der Waals surface area (Å²) in [7, 11) is 0. The van der Waals surface area contributed by atoms with E-state index in [2.05, 4.69) is 0 Å². The highest BCUT2D eigenvalue weighted by molar-refractivity contribution is 6.31. The Bertz CT molecular complexity index is 378. The molecule has 1 aliphatic carbocycles. The van der Waals surface area contributed by atoms with Crippen LogP contribution in [0.3, 0.4) is 0 Å². The van der Waals surface area contributed by atoms with Crippen LogP contribution in [0.4, 0.5) is 0 Å². The summed E-state index contributed by atoms with van der Waals surface area (Å²) in [4.78, 5) is 12.2. The second kappa shape index (κ2) is 6.20. The number of rotatable bonds is 3. The number of hydrogen-bond donors (Lipinski definition) is 0. The Labute approximate surface area is 108 Å². The maximum atomic E-state index is 12.2. The van der Waals surface area contributed by atoms with E-state index < -0.39 is 0 Å². The van der Waals surface area contributed by atoms with Gasteiger partial charge in [-0.1, -0.05) is 55.5 Å². The van der Waals surface area contributed by atoms with Crippen molar-refractivity contribution in [2.45, 2.75) is 44.9 Å². The lowest BCUT2D eigenvalue weighted by molar-refractivity contribution is -0.122. The zero-order chi connectivity index (χ0) is 12.1.